The van der Waals surface area contributed by atoms with Crippen molar-refractivity contribution >= 4 is 6.09 Å². The van der Waals surface area contributed by atoms with Gasteiger partial charge in [0.25, 0.3) is 0 Å². The van der Waals surface area contributed by atoms with E-state index in [1.165, 1.54) is 6.42 Å². The lowest BCUT2D eigenvalue weighted by Gasteiger charge is -2.27. The topological polar surface area (TPSA) is 29.5 Å². The molecule has 0 aromatic carbocycles. The van der Waals surface area contributed by atoms with Crippen molar-refractivity contribution in [2.45, 2.75) is 45.6 Å². The van der Waals surface area contributed by atoms with Crippen LogP contribution in [0, 0.1) is 0 Å². The standard InChI is InChI=1S/C10H19NO2/c1-3-9(2)13-10(12)11-7-5-4-6-8-11/h9H,3-8H2,1-2H3/t9-/m0/s1. The zero-order valence-corrected chi connectivity index (χ0v) is 8.58. The summed E-state index contributed by atoms with van der Waals surface area (Å²) in [5, 5.41) is 0. The number of ether oxygens (including phenoxy) is 1. The lowest BCUT2D eigenvalue weighted by atomic mass is 10.1. The monoisotopic (exact) mass is 185 g/mol. The third kappa shape index (κ3) is 3.25. The molecule has 13 heavy (non-hydrogen) atoms. The summed E-state index contributed by atoms with van der Waals surface area (Å²) in [5.74, 6) is 0. The van der Waals surface area contributed by atoms with E-state index >= 15 is 0 Å². The van der Waals surface area contributed by atoms with Gasteiger partial charge in [-0.3, -0.25) is 0 Å². The summed E-state index contributed by atoms with van der Waals surface area (Å²) in [6.45, 7) is 5.69. The van der Waals surface area contributed by atoms with Crippen molar-refractivity contribution in [1.82, 2.24) is 4.90 Å². The van der Waals surface area contributed by atoms with Gasteiger partial charge in [-0.15, -0.1) is 0 Å². The second-order valence-corrected chi connectivity index (χ2v) is 3.65. The molecule has 3 nitrogen and oxygen atoms in total. The molecule has 1 saturated heterocycles. The minimum Gasteiger partial charge on any atom is -0.446 e. The van der Waals surface area contributed by atoms with E-state index in [-0.39, 0.29) is 12.2 Å². The van der Waals surface area contributed by atoms with E-state index in [9.17, 15) is 4.79 Å². The van der Waals surface area contributed by atoms with Crippen LogP contribution < -0.4 is 0 Å². The van der Waals surface area contributed by atoms with E-state index in [2.05, 4.69) is 0 Å². The fraction of sp³-hybridized carbons (Fsp3) is 0.900. The Morgan fingerprint density at radius 1 is 1.38 bits per heavy atom. The Kier molecular flexibility index (Phi) is 4.06. The average Bonchev–Trinajstić information content (AvgIpc) is 2.19. The van der Waals surface area contributed by atoms with Crippen molar-refractivity contribution in [2.75, 3.05) is 13.1 Å². The van der Waals surface area contributed by atoms with Gasteiger partial charge >= 0.3 is 6.09 Å². The van der Waals surface area contributed by atoms with Gasteiger partial charge in [0.1, 0.15) is 6.10 Å². The minimum atomic E-state index is -0.131. The number of rotatable bonds is 2. The number of nitrogens with zero attached hydrogens (tertiary/aromatic N) is 1. The summed E-state index contributed by atoms with van der Waals surface area (Å²) in [6, 6.07) is 0. The number of carbonyl (C=O) groups excluding carboxylic acids is 1. The SMILES string of the molecule is CC[C@H](C)OC(=O)N1CCCCC1. The number of carbonyl (C=O) groups is 1. The molecular weight excluding hydrogens is 166 g/mol. The average molecular weight is 185 g/mol. The Bertz CT molecular complexity index is 164. The molecule has 0 spiro atoms. The van der Waals surface area contributed by atoms with Crippen LogP contribution in [0.1, 0.15) is 39.5 Å². The number of piperidine rings is 1. The van der Waals surface area contributed by atoms with Gasteiger partial charge in [0, 0.05) is 13.1 Å². The largest absolute Gasteiger partial charge is 0.446 e. The molecule has 1 fully saturated rings. The zero-order chi connectivity index (χ0) is 9.68. The molecule has 1 heterocycles. The second kappa shape index (κ2) is 5.10. The third-order valence-corrected chi connectivity index (χ3v) is 2.49. The molecule has 0 unspecified atom stereocenters. The maximum atomic E-state index is 11.5. The minimum absolute atomic E-state index is 0.0504. The predicted octanol–water partition coefficient (Wildman–Crippen LogP) is 2.41. The van der Waals surface area contributed by atoms with Crippen molar-refractivity contribution in [1.29, 1.82) is 0 Å². The lowest BCUT2D eigenvalue weighted by molar-refractivity contribution is 0.0632. The summed E-state index contributed by atoms with van der Waals surface area (Å²) in [7, 11) is 0. The van der Waals surface area contributed by atoms with E-state index in [1.54, 1.807) is 0 Å². The highest BCUT2D eigenvalue weighted by atomic mass is 16.6. The molecule has 1 amide bonds. The Labute approximate surface area is 80.1 Å². The van der Waals surface area contributed by atoms with Gasteiger partial charge in [-0.2, -0.15) is 0 Å². The molecule has 1 rings (SSSR count). The first-order chi connectivity index (χ1) is 6.24. The normalized spacial score (nSPS) is 19.7. The first-order valence-corrected chi connectivity index (χ1v) is 5.19. The number of likely N-dealkylation sites (tertiary alicyclic amines) is 1. The van der Waals surface area contributed by atoms with Crippen LogP contribution in [0.15, 0.2) is 0 Å². The Morgan fingerprint density at radius 3 is 2.54 bits per heavy atom. The molecule has 1 atom stereocenters. The van der Waals surface area contributed by atoms with Crippen LogP contribution in [0.5, 0.6) is 0 Å². The van der Waals surface area contributed by atoms with Crippen LogP contribution in [-0.2, 0) is 4.74 Å². The summed E-state index contributed by atoms with van der Waals surface area (Å²) in [5.41, 5.74) is 0. The molecule has 0 aromatic heterocycles. The maximum absolute atomic E-state index is 11.5. The quantitative estimate of drug-likeness (QED) is 0.661. The highest BCUT2D eigenvalue weighted by Gasteiger charge is 2.18. The van der Waals surface area contributed by atoms with Gasteiger partial charge in [0.15, 0.2) is 0 Å². The van der Waals surface area contributed by atoms with Crippen molar-refractivity contribution in [3.63, 3.8) is 0 Å². The smallest absolute Gasteiger partial charge is 0.410 e. The third-order valence-electron chi connectivity index (χ3n) is 2.49. The van der Waals surface area contributed by atoms with Crippen LogP contribution in [-0.4, -0.2) is 30.2 Å². The molecular formula is C10H19NO2. The fourth-order valence-electron chi connectivity index (χ4n) is 1.41. The molecule has 0 N–H and O–H groups in total. The van der Waals surface area contributed by atoms with Gasteiger partial charge in [-0.05, 0) is 32.6 Å². The zero-order valence-electron chi connectivity index (χ0n) is 8.58. The van der Waals surface area contributed by atoms with Gasteiger partial charge in [-0.1, -0.05) is 6.92 Å². The van der Waals surface area contributed by atoms with Crippen LogP contribution in [0.3, 0.4) is 0 Å². The molecule has 0 saturated carbocycles. The molecule has 0 bridgehead atoms. The molecule has 0 radical (unpaired) electrons. The summed E-state index contributed by atoms with van der Waals surface area (Å²) < 4.78 is 5.23. The van der Waals surface area contributed by atoms with E-state index in [0.717, 1.165) is 32.4 Å². The van der Waals surface area contributed by atoms with Crippen LogP contribution in [0.25, 0.3) is 0 Å². The second-order valence-electron chi connectivity index (χ2n) is 3.65. The summed E-state index contributed by atoms with van der Waals surface area (Å²) >= 11 is 0. The summed E-state index contributed by atoms with van der Waals surface area (Å²) in [4.78, 5) is 13.3. The molecule has 76 valence electrons. The van der Waals surface area contributed by atoms with Crippen molar-refractivity contribution < 1.29 is 9.53 Å². The number of hydrogen-bond acceptors (Lipinski definition) is 2. The van der Waals surface area contributed by atoms with Gasteiger partial charge < -0.3 is 9.64 Å². The first kappa shape index (κ1) is 10.4. The molecule has 1 aliphatic heterocycles. The highest BCUT2D eigenvalue weighted by molar-refractivity contribution is 5.67. The number of hydrogen-bond donors (Lipinski definition) is 0. The van der Waals surface area contributed by atoms with E-state index in [0.29, 0.717) is 0 Å². The molecule has 3 heteroatoms. The Balaban J connectivity index is 2.29. The van der Waals surface area contributed by atoms with Crippen LogP contribution in [0.4, 0.5) is 4.79 Å². The van der Waals surface area contributed by atoms with Crippen molar-refractivity contribution in [2.24, 2.45) is 0 Å². The van der Waals surface area contributed by atoms with Gasteiger partial charge in [0.05, 0.1) is 0 Å². The fourth-order valence-corrected chi connectivity index (χ4v) is 1.41. The van der Waals surface area contributed by atoms with Gasteiger partial charge in [-0.25, -0.2) is 4.79 Å². The Hall–Kier alpha value is -0.730. The lowest BCUT2D eigenvalue weighted by Crippen LogP contribution is -2.37. The van der Waals surface area contributed by atoms with E-state index < -0.39 is 0 Å². The summed E-state index contributed by atoms with van der Waals surface area (Å²) in [6.07, 6.45) is 4.29. The highest BCUT2D eigenvalue weighted by Crippen LogP contribution is 2.11. The number of amides is 1. The predicted molar refractivity (Wildman–Crippen MR) is 51.7 cm³/mol. The first-order valence-electron chi connectivity index (χ1n) is 5.19. The molecule has 0 aliphatic carbocycles. The van der Waals surface area contributed by atoms with Crippen molar-refractivity contribution in [3.8, 4) is 0 Å². The van der Waals surface area contributed by atoms with E-state index in [4.69, 9.17) is 4.74 Å². The molecule has 0 aromatic rings. The van der Waals surface area contributed by atoms with Crippen molar-refractivity contribution in [3.05, 3.63) is 0 Å². The van der Waals surface area contributed by atoms with Crippen LogP contribution in [0.2, 0.25) is 0 Å². The van der Waals surface area contributed by atoms with E-state index in [1.807, 2.05) is 18.7 Å². The maximum Gasteiger partial charge on any atom is 0.410 e. The Morgan fingerprint density at radius 2 is 2.00 bits per heavy atom. The molecule has 1 aliphatic rings. The van der Waals surface area contributed by atoms with Crippen LogP contribution >= 0.6 is 0 Å². The van der Waals surface area contributed by atoms with Gasteiger partial charge in [0.2, 0.25) is 0 Å².